The van der Waals surface area contributed by atoms with Crippen molar-refractivity contribution in [2.24, 2.45) is 0 Å². The predicted molar refractivity (Wildman–Crippen MR) is 122 cm³/mol. The second-order valence-electron chi connectivity index (χ2n) is 7.24. The Kier molecular flexibility index (Phi) is 6.71. The van der Waals surface area contributed by atoms with Gasteiger partial charge in [0.2, 0.25) is 0 Å². The van der Waals surface area contributed by atoms with Crippen molar-refractivity contribution in [1.29, 1.82) is 0 Å². The van der Waals surface area contributed by atoms with Crippen molar-refractivity contribution in [3.63, 3.8) is 0 Å². The van der Waals surface area contributed by atoms with E-state index in [0.29, 0.717) is 48.3 Å². The van der Waals surface area contributed by atoms with Gasteiger partial charge in [0.1, 0.15) is 19.0 Å². The van der Waals surface area contributed by atoms with E-state index < -0.39 is 15.8 Å². The average molecular weight is 491 g/mol. The van der Waals surface area contributed by atoms with Crippen molar-refractivity contribution < 1.29 is 27.1 Å². The highest BCUT2D eigenvalue weighted by atomic mass is 35.5. The molecule has 1 heterocycles. The second kappa shape index (κ2) is 9.68. The minimum absolute atomic E-state index is 0.0192. The Bertz CT molecular complexity index is 1270. The molecule has 0 aromatic heterocycles. The molecule has 3 aromatic rings. The number of rotatable bonds is 7. The number of ether oxygens (including phenoxy) is 2. The maximum Gasteiger partial charge on any atom is 0.261 e. The molecule has 10 heteroatoms. The van der Waals surface area contributed by atoms with Gasteiger partial charge in [0.05, 0.1) is 9.92 Å². The summed E-state index contributed by atoms with van der Waals surface area (Å²) in [4.78, 5) is 12.4. The fourth-order valence-corrected chi connectivity index (χ4v) is 4.59. The number of carbonyl (C=O) groups is 1. The first-order valence-electron chi connectivity index (χ1n) is 10.1. The molecule has 0 atom stereocenters. The number of hydrogen-bond donors (Lipinski definition) is 2. The van der Waals surface area contributed by atoms with Crippen molar-refractivity contribution in [2.75, 3.05) is 24.5 Å². The Morgan fingerprint density at radius 3 is 2.42 bits per heavy atom. The number of anilines is 1. The van der Waals surface area contributed by atoms with Crippen LogP contribution in [0.1, 0.15) is 15.9 Å². The fraction of sp³-hybridized carbons (Fsp3) is 0.174. The van der Waals surface area contributed by atoms with Crippen LogP contribution in [0.25, 0.3) is 0 Å². The first-order valence-corrected chi connectivity index (χ1v) is 11.9. The molecule has 1 aliphatic rings. The number of fused-ring (bicyclic) bond motifs is 1. The Morgan fingerprint density at radius 1 is 1.00 bits per heavy atom. The van der Waals surface area contributed by atoms with Gasteiger partial charge in [-0.2, -0.15) is 0 Å². The van der Waals surface area contributed by atoms with Crippen LogP contribution in [0.2, 0.25) is 5.02 Å². The van der Waals surface area contributed by atoms with E-state index in [1.54, 1.807) is 6.07 Å². The van der Waals surface area contributed by atoms with Gasteiger partial charge in [-0.3, -0.25) is 9.52 Å². The molecule has 1 amide bonds. The molecule has 0 saturated carbocycles. The summed E-state index contributed by atoms with van der Waals surface area (Å²) in [6.45, 7) is 1.25. The highest BCUT2D eigenvalue weighted by Crippen LogP contribution is 2.38. The van der Waals surface area contributed by atoms with E-state index in [9.17, 15) is 17.6 Å². The molecule has 0 saturated heterocycles. The molecule has 2 N–H and O–H groups in total. The lowest BCUT2D eigenvalue weighted by Crippen LogP contribution is -2.26. The summed E-state index contributed by atoms with van der Waals surface area (Å²) in [5.41, 5.74) is 1.44. The van der Waals surface area contributed by atoms with Gasteiger partial charge in [-0.1, -0.05) is 11.6 Å². The predicted octanol–water partition coefficient (Wildman–Crippen LogP) is 4.02. The molecule has 0 fully saturated rings. The number of carbonyl (C=O) groups excluding carboxylic acids is 1. The number of halogens is 2. The second-order valence-corrected chi connectivity index (χ2v) is 9.33. The van der Waals surface area contributed by atoms with Crippen LogP contribution in [0.15, 0.2) is 65.6 Å². The topological polar surface area (TPSA) is 93.7 Å². The van der Waals surface area contributed by atoms with E-state index in [1.807, 2.05) is 6.07 Å². The third-order valence-corrected chi connectivity index (χ3v) is 6.56. The Balaban J connectivity index is 1.34. The normalized spacial score (nSPS) is 12.8. The minimum atomic E-state index is -3.87. The maximum absolute atomic E-state index is 13.0. The number of benzene rings is 3. The average Bonchev–Trinajstić information content (AvgIpc) is 2.80. The standard InChI is InChI=1S/C23H20ClFN2O5S/c24-20-13-15(14-21-22(20)32-12-11-31-21)9-10-26-23(28)16-1-7-19(8-2-16)33(29,30)27-18-5-3-17(25)4-6-18/h1-8,13-14,27H,9-12H2,(H,26,28). The first-order chi connectivity index (χ1) is 15.8. The van der Waals surface area contributed by atoms with Gasteiger partial charge in [-0.05, 0) is 72.6 Å². The SMILES string of the molecule is O=C(NCCc1cc(Cl)c2c(c1)OCCO2)c1ccc(S(=O)(=O)Nc2ccc(F)cc2)cc1. The highest BCUT2D eigenvalue weighted by Gasteiger charge is 2.17. The maximum atomic E-state index is 13.0. The van der Waals surface area contributed by atoms with E-state index >= 15 is 0 Å². The van der Waals surface area contributed by atoms with Crippen molar-refractivity contribution in [3.8, 4) is 11.5 Å². The summed E-state index contributed by atoms with van der Waals surface area (Å²) >= 11 is 6.23. The third-order valence-electron chi connectivity index (χ3n) is 4.88. The zero-order valence-electron chi connectivity index (χ0n) is 17.3. The summed E-state index contributed by atoms with van der Waals surface area (Å²) in [5.74, 6) is 0.306. The van der Waals surface area contributed by atoms with Crippen LogP contribution in [-0.2, 0) is 16.4 Å². The lowest BCUT2D eigenvalue weighted by Gasteiger charge is -2.20. The van der Waals surface area contributed by atoms with E-state index in [4.69, 9.17) is 21.1 Å². The Labute approximate surface area is 195 Å². The monoisotopic (exact) mass is 490 g/mol. The summed E-state index contributed by atoms with van der Waals surface area (Å²) < 4.78 is 51.4. The van der Waals surface area contributed by atoms with Crippen LogP contribution in [0.3, 0.4) is 0 Å². The van der Waals surface area contributed by atoms with Gasteiger partial charge in [0.15, 0.2) is 11.5 Å². The van der Waals surface area contributed by atoms with Crippen LogP contribution in [0.4, 0.5) is 10.1 Å². The Morgan fingerprint density at radius 2 is 1.70 bits per heavy atom. The largest absolute Gasteiger partial charge is 0.486 e. The van der Waals surface area contributed by atoms with Crippen LogP contribution in [0.5, 0.6) is 11.5 Å². The lowest BCUT2D eigenvalue weighted by atomic mass is 10.1. The number of sulfonamides is 1. The molecule has 4 rings (SSSR count). The zero-order valence-corrected chi connectivity index (χ0v) is 18.9. The van der Waals surface area contributed by atoms with E-state index in [1.165, 1.54) is 36.4 Å². The molecule has 0 bridgehead atoms. The quantitative estimate of drug-likeness (QED) is 0.521. The third kappa shape index (κ3) is 5.55. The number of amides is 1. The van der Waals surface area contributed by atoms with Gasteiger partial charge in [0, 0.05) is 17.8 Å². The van der Waals surface area contributed by atoms with Crippen LogP contribution in [-0.4, -0.2) is 34.1 Å². The summed E-state index contributed by atoms with van der Waals surface area (Å²) in [5, 5.41) is 3.25. The van der Waals surface area contributed by atoms with Gasteiger partial charge in [-0.15, -0.1) is 0 Å². The molecule has 3 aromatic carbocycles. The molecule has 0 aliphatic carbocycles. The summed E-state index contributed by atoms with van der Waals surface area (Å²) in [6, 6.07) is 14.1. The van der Waals surface area contributed by atoms with E-state index in [2.05, 4.69) is 10.0 Å². The fourth-order valence-electron chi connectivity index (χ4n) is 3.25. The van der Waals surface area contributed by atoms with E-state index in [0.717, 1.165) is 17.7 Å². The van der Waals surface area contributed by atoms with Crippen molar-refractivity contribution in [1.82, 2.24) is 5.32 Å². The van der Waals surface area contributed by atoms with Crippen LogP contribution < -0.4 is 19.5 Å². The lowest BCUT2D eigenvalue weighted by molar-refractivity contribution is 0.0954. The molecule has 0 unspecified atom stereocenters. The summed E-state index contributed by atoms with van der Waals surface area (Å²) in [6.07, 6.45) is 0.524. The van der Waals surface area contributed by atoms with Crippen LogP contribution >= 0.6 is 11.6 Å². The molecule has 1 aliphatic heterocycles. The molecule has 33 heavy (non-hydrogen) atoms. The zero-order chi connectivity index (χ0) is 23.4. The molecule has 0 radical (unpaired) electrons. The molecular weight excluding hydrogens is 471 g/mol. The van der Waals surface area contributed by atoms with Crippen molar-refractivity contribution in [3.05, 3.63) is 82.6 Å². The van der Waals surface area contributed by atoms with Gasteiger partial charge in [-0.25, -0.2) is 12.8 Å². The number of hydrogen-bond acceptors (Lipinski definition) is 5. The highest BCUT2D eigenvalue weighted by molar-refractivity contribution is 7.92. The van der Waals surface area contributed by atoms with Gasteiger partial charge in [0.25, 0.3) is 15.9 Å². The summed E-state index contributed by atoms with van der Waals surface area (Å²) in [7, 11) is -3.87. The smallest absolute Gasteiger partial charge is 0.261 e. The van der Waals surface area contributed by atoms with E-state index in [-0.39, 0.29) is 16.5 Å². The Hall–Kier alpha value is -3.30. The van der Waals surface area contributed by atoms with Gasteiger partial charge >= 0.3 is 0 Å². The molecular formula is C23H20ClFN2O5S. The molecule has 0 spiro atoms. The first kappa shape index (κ1) is 22.9. The van der Waals surface area contributed by atoms with Crippen LogP contribution in [0, 0.1) is 5.82 Å². The van der Waals surface area contributed by atoms with Crippen molar-refractivity contribution in [2.45, 2.75) is 11.3 Å². The molecule has 7 nitrogen and oxygen atoms in total. The van der Waals surface area contributed by atoms with Crippen molar-refractivity contribution >= 4 is 33.2 Å². The van der Waals surface area contributed by atoms with Gasteiger partial charge < -0.3 is 14.8 Å². The molecule has 172 valence electrons. The minimum Gasteiger partial charge on any atom is -0.486 e. The number of nitrogens with one attached hydrogen (secondary N) is 2.